The Balaban J connectivity index is 1.80. The van der Waals surface area contributed by atoms with Crippen molar-refractivity contribution in [2.75, 3.05) is 6.54 Å². The van der Waals surface area contributed by atoms with E-state index in [-0.39, 0.29) is 12.3 Å². The topological polar surface area (TPSA) is 92.4 Å². The Hall–Kier alpha value is -2.15. The van der Waals surface area contributed by atoms with E-state index in [4.69, 9.17) is 9.52 Å². The fourth-order valence-corrected chi connectivity index (χ4v) is 2.38. The van der Waals surface area contributed by atoms with Gasteiger partial charge in [-0.3, -0.25) is 9.59 Å². The first-order chi connectivity index (χ1) is 9.66. The van der Waals surface area contributed by atoms with Crippen LogP contribution in [0.5, 0.6) is 0 Å². The number of aromatic nitrogens is 1. The molecule has 0 fully saturated rings. The quantitative estimate of drug-likeness (QED) is 0.765. The van der Waals surface area contributed by atoms with E-state index in [1.165, 1.54) is 17.5 Å². The van der Waals surface area contributed by atoms with E-state index in [0.29, 0.717) is 35.0 Å². The number of carbonyl (C=O) groups excluding carboxylic acids is 1. The van der Waals surface area contributed by atoms with Crippen molar-refractivity contribution >= 4 is 23.2 Å². The third kappa shape index (κ3) is 3.92. The van der Waals surface area contributed by atoms with Crippen molar-refractivity contribution in [1.82, 2.24) is 10.3 Å². The highest BCUT2D eigenvalue weighted by atomic mass is 32.1. The summed E-state index contributed by atoms with van der Waals surface area (Å²) in [5, 5.41) is 11.9. The van der Waals surface area contributed by atoms with Crippen LogP contribution in [-0.2, 0) is 4.79 Å². The van der Waals surface area contributed by atoms with Crippen molar-refractivity contribution in [2.45, 2.75) is 19.3 Å². The molecule has 6 nitrogen and oxygen atoms in total. The molecule has 2 aromatic heterocycles. The predicted molar refractivity (Wildman–Crippen MR) is 73.6 cm³/mol. The average molecular weight is 294 g/mol. The molecule has 0 aliphatic heterocycles. The number of aliphatic carboxylic acids is 1. The molecule has 0 aliphatic rings. The van der Waals surface area contributed by atoms with Crippen LogP contribution >= 0.6 is 11.3 Å². The van der Waals surface area contributed by atoms with Crippen molar-refractivity contribution in [2.24, 2.45) is 0 Å². The molecule has 1 amide bonds. The van der Waals surface area contributed by atoms with Gasteiger partial charge >= 0.3 is 5.97 Å². The predicted octanol–water partition coefficient (Wildman–Crippen LogP) is 2.39. The molecule has 0 spiro atoms. The molecule has 20 heavy (non-hydrogen) atoms. The van der Waals surface area contributed by atoms with Gasteiger partial charge in [0.2, 0.25) is 0 Å². The summed E-state index contributed by atoms with van der Waals surface area (Å²) in [5.74, 6) is -0.381. The number of nitrogens with zero attached hydrogens (tertiary/aromatic N) is 1. The van der Waals surface area contributed by atoms with Crippen molar-refractivity contribution < 1.29 is 19.1 Å². The van der Waals surface area contributed by atoms with Gasteiger partial charge < -0.3 is 14.8 Å². The molecule has 2 rings (SSSR count). The maximum atomic E-state index is 11.8. The largest absolute Gasteiger partial charge is 0.481 e. The van der Waals surface area contributed by atoms with Crippen molar-refractivity contribution in [1.29, 1.82) is 0 Å². The Morgan fingerprint density at radius 1 is 1.40 bits per heavy atom. The van der Waals surface area contributed by atoms with Gasteiger partial charge in [0, 0.05) is 13.0 Å². The number of thiazole rings is 1. The summed E-state index contributed by atoms with van der Waals surface area (Å²) in [4.78, 5) is 26.8. The highest BCUT2D eigenvalue weighted by Crippen LogP contribution is 2.25. The molecule has 2 aromatic rings. The van der Waals surface area contributed by atoms with E-state index in [0.717, 1.165) is 0 Å². The van der Waals surface area contributed by atoms with Crippen LogP contribution in [0.25, 0.3) is 10.8 Å². The van der Waals surface area contributed by atoms with E-state index < -0.39 is 5.97 Å². The third-order valence-corrected chi connectivity index (χ3v) is 3.58. The fourth-order valence-electron chi connectivity index (χ4n) is 1.58. The normalized spacial score (nSPS) is 10.4. The number of nitrogens with one attached hydrogen (secondary N) is 1. The van der Waals surface area contributed by atoms with E-state index in [1.54, 1.807) is 18.4 Å². The van der Waals surface area contributed by atoms with Crippen molar-refractivity contribution in [3.63, 3.8) is 0 Å². The Morgan fingerprint density at radius 3 is 2.95 bits per heavy atom. The first kappa shape index (κ1) is 14.3. The summed E-state index contributed by atoms with van der Waals surface area (Å²) in [7, 11) is 0. The van der Waals surface area contributed by atoms with E-state index in [2.05, 4.69) is 10.3 Å². The van der Waals surface area contributed by atoms with Crippen LogP contribution in [0.15, 0.2) is 29.0 Å². The lowest BCUT2D eigenvalue weighted by Crippen LogP contribution is -2.23. The van der Waals surface area contributed by atoms with Gasteiger partial charge in [0.1, 0.15) is 4.88 Å². The number of furan rings is 1. The van der Waals surface area contributed by atoms with E-state index >= 15 is 0 Å². The lowest BCUT2D eigenvalue weighted by molar-refractivity contribution is -0.137. The molecule has 0 atom stereocenters. The maximum Gasteiger partial charge on any atom is 0.303 e. The van der Waals surface area contributed by atoms with Gasteiger partial charge in [0.25, 0.3) is 5.91 Å². The Kier molecular flexibility index (Phi) is 4.89. The number of hydrogen-bond donors (Lipinski definition) is 2. The van der Waals surface area contributed by atoms with Crippen molar-refractivity contribution in [3.8, 4) is 10.8 Å². The molecule has 2 N–H and O–H groups in total. The second-order valence-electron chi connectivity index (χ2n) is 4.11. The molecule has 2 heterocycles. The first-order valence-electron chi connectivity index (χ1n) is 6.16. The van der Waals surface area contributed by atoms with E-state index in [1.807, 2.05) is 0 Å². The summed E-state index contributed by atoms with van der Waals surface area (Å²) >= 11 is 1.26. The number of rotatable bonds is 7. The smallest absolute Gasteiger partial charge is 0.303 e. The van der Waals surface area contributed by atoms with Crippen molar-refractivity contribution in [3.05, 3.63) is 29.5 Å². The molecule has 0 saturated carbocycles. The van der Waals surface area contributed by atoms with Gasteiger partial charge in [0.15, 0.2) is 10.8 Å². The number of carboxylic acid groups (broad SMARTS) is 1. The lowest BCUT2D eigenvalue weighted by Gasteiger charge is -2.01. The number of unbranched alkanes of at least 4 members (excludes halogenated alkanes) is 1. The van der Waals surface area contributed by atoms with Gasteiger partial charge in [0.05, 0.1) is 12.5 Å². The van der Waals surface area contributed by atoms with Gasteiger partial charge in [-0.1, -0.05) is 0 Å². The lowest BCUT2D eigenvalue weighted by atomic mass is 10.2. The summed E-state index contributed by atoms with van der Waals surface area (Å²) in [6, 6.07) is 3.55. The highest BCUT2D eigenvalue weighted by molar-refractivity contribution is 7.16. The zero-order valence-electron chi connectivity index (χ0n) is 10.7. The van der Waals surface area contributed by atoms with Crippen LogP contribution in [-0.4, -0.2) is 28.5 Å². The number of carboxylic acids is 1. The van der Waals surface area contributed by atoms with Gasteiger partial charge in [-0.2, -0.15) is 0 Å². The van der Waals surface area contributed by atoms with Crippen LogP contribution in [0.1, 0.15) is 28.9 Å². The minimum Gasteiger partial charge on any atom is -0.481 e. The maximum absolute atomic E-state index is 11.8. The zero-order chi connectivity index (χ0) is 14.4. The minimum absolute atomic E-state index is 0.124. The second kappa shape index (κ2) is 6.85. The molecule has 0 unspecified atom stereocenters. The van der Waals surface area contributed by atoms with Crippen LogP contribution in [0.4, 0.5) is 0 Å². The minimum atomic E-state index is -0.818. The number of amides is 1. The SMILES string of the molecule is O=C(O)CCCCNC(=O)c1cnc(-c2ccco2)s1. The molecule has 0 aromatic carbocycles. The fraction of sp³-hybridized carbons (Fsp3) is 0.308. The standard InChI is InChI=1S/C13H14N2O4S/c16-11(17)5-1-2-6-14-12(18)10-8-15-13(20-10)9-4-3-7-19-9/h3-4,7-8H,1-2,5-6H2,(H,14,18)(H,16,17). The molecule has 0 saturated heterocycles. The summed E-state index contributed by atoms with van der Waals surface area (Å²) in [6.45, 7) is 0.458. The van der Waals surface area contributed by atoms with E-state index in [9.17, 15) is 9.59 Å². The summed E-state index contributed by atoms with van der Waals surface area (Å²) in [5.41, 5.74) is 0. The Bertz CT molecular complexity index is 577. The second-order valence-corrected chi connectivity index (χ2v) is 5.14. The summed E-state index contributed by atoms with van der Waals surface area (Å²) in [6.07, 6.45) is 4.38. The monoisotopic (exact) mass is 294 g/mol. The van der Waals surface area contributed by atoms with Gasteiger partial charge in [-0.05, 0) is 25.0 Å². The van der Waals surface area contributed by atoms with Crippen LogP contribution in [0, 0.1) is 0 Å². The molecule has 0 aliphatic carbocycles. The van der Waals surface area contributed by atoms with Gasteiger partial charge in [-0.25, -0.2) is 4.98 Å². The Labute approximate surface area is 119 Å². The first-order valence-corrected chi connectivity index (χ1v) is 6.98. The molecule has 0 bridgehead atoms. The molecule has 0 radical (unpaired) electrons. The summed E-state index contributed by atoms with van der Waals surface area (Å²) < 4.78 is 5.21. The molecule has 7 heteroatoms. The molecular formula is C13H14N2O4S. The molecular weight excluding hydrogens is 280 g/mol. The number of hydrogen-bond acceptors (Lipinski definition) is 5. The average Bonchev–Trinajstić information content (AvgIpc) is 3.08. The Morgan fingerprint density at radius 2 is 2.25 bits per heavy atom. The third-order valence-electron chi connectivity index (χ3n) is 2.56. The van der Waals surface area contributed by atoms with Gasteiger partial charge in [-0.15, -0.1) is 11.3 Å². The van der Waals surface area contributed by atoms with Crippen LogP contribution < -0.4 is 5.32 Å². The molecule has 106 valence electrons. The highest BCUT2D eigenvalue weighted by Gasteiger charge is 2.12. The number of carbonyl (C=O) groups is 2. The van der Waals surface area contributed by atoms with Crippen LogP contribution in [0.2, 0.25) is 0 Å². The van der Waals surface area contributed by atoms with Crippen LogP contribution in [0.3, 0.4) is 0 Å². The zero-order valence-corrected chi connectivity index (χ0v) is 11.5.